The van der Waals surface area contributed by atoms with Crippen LogP contribution in [0.1, 0.15) is 116 Å². The lowest BCUT2D eigenvalue weighted by molar-refractivity contribution is -0.126. The number of phenols is 1. The fraction of sp³-hybridized carbons (Fsp3) is 0.515. The summed E-state index contributed by atoms with van der Waals surface area (Å²) in [4.78, 5) is 25.0. The molecule has 6 nitrogen and oxygen atoms in total. The van der Waals surface area contributed by atoms with E-state index < -0.39 is 5.91 Å². The third kappa shape index (κ3) is 7.03. The minimum absolute atomic E-state index is 0.0978. The van der Waals surface area contributed by atoms with Gasteiger partial charge in [-0.05, 0) is 77.0 Å². The molecule has 0 saturated heterocycles. The Balaban J connectivity index is 1.64. The van der Waals surface area contributed by atoms with E-state index in [1.165, 1.54) is 6.08 Å². The summed E-state index contributed by atoms with van der Waals surface area (Å²) < 4.78 is 6.02. The summed E-state index contributed by atoms with van der Waals surface area (Å²) in [5.74, 6) is 0.558. The van der Waals surface area contributed by atoms with E-state index in [0.29, 0.717) is 12.2 Å². The van der Waals surface area contributed by atoms with E-state index in [4.69, 9.17) is 4.74 Å². The Hall–Kier alpha value is -3.28. The lowest BCUT2D eigenvalue weighted by atomic mass is 9.78. The molecule has 0 atom stereocenters. The van der Waals surface area contributed by atoms with Crippen LogP contribution in [0, 0.1) is 0 Å². The minimum atomic E-state index is -0.409. The molecule has 0 aliphatic carbocycles. The molecule has 3 rings (SSSR count). The Bertz CT molecular complexity index is 1260. The molecule has 1 aliphatic heterocycles. The zero-order valence-corrected chi connectivity index (χ0v) is 25.6. The number of ether oxygens (including phenoxy) is 1. The van der Waals surface area contributed by atoms with Crippen LogP contribution in [0.3, 0.4) is 0 Å². The first-order chi connectivity index (χ1) is 17.7. The average Bonchev–Trinajstić information content (AvgIpc) is 2.78. The topological polar surface area (TPSA) is 87.7 Å². The third-order valence-corrected chi connectivity index (χ3v) is 7.10. The molecule has 39 heavy (non-hydrogen) atoms. The quantitative estimate of drug-likeness (QED) is 0.294. The second-order valence-corrected chi connectivity index (χ2v) is 14.2. The molecule has 212 valence electrons. The zero-order valence-electron chi connectivity index (χ0n) is 25.6. The molecule has 1 aliphatic rings. The number of aryl methyl sites for hydroxylation is 1. The molecule has 0 aromatic heterocycles. The Kier molecular flexibility index (Phi) is 8.04. The SMILES string of the molecule is CC(C)(C)c1cc(CCC(=O)NNC(=O)/C=C\c2cc(C(C)(C)C)c3c(c2)C(C)(C)O3)cc(C(C)(C)C)c1O. The highest BCUT2D eigenvalue weighted by molar-refractivity contribution is 5.93. The molecule has 0 radical (unpaired) electrons. The van der Waals surface area contributed by atoms with Gasteiger partial charge in [0.1, 0.15) is 17.1 Å². The molecular formula is C33H46N2O4. The van der Waals surface area contributed by atoms with Crippen molar-refractivity contribution in [3.05, 3.63) is 63.7 Å². The van der Waals surface area contributed by atoms with Crippen LogP contribution in [0.2, 0.25) is 0 Å². The summed E-state index contributed by atoms with van der Waals surface area (Å²) in [6.45, 7) is 22.9. The van der Waals surface area contributed by atoms with Crippen LogP contribution in [-0.2, 0) is 37.9 Å². The van der Waals surface area contributed by atoms with E-state index in [0.717, 1.165) is 39.1 Å². The number of benzene rings is 2. The summed E-state index contributed by atoms with van der Waals surface area (Å²) in [7, 11) is 0. The first kappa shape index (κ1) is 30.3. The van der Waals surface area contributed by atoms with Gasteiger partial charge in [0.15, 0.2) is 0 Å². The highest BCUT2D eigenvalue weighted by Gasteiger charge is 2.40. The lowest BCUT2D eigenvalue weighted by Gasteiger charge is -2.42. The van der Waals surface area contributed by atoms with E-state index in [1.807, 2.05) is 38.1 Å². The van der Waals surface area contributed by atoms with E-state index in [9.17, 15) is 14.7 Å². The summed E-state index contributed by atoms with van der Waals surface area (Å²) in [6.07, 6.45) is 3.87. The molecule has 2 amide bonds. The van der Waals surface area contributed by atoms with Gasteiger partial charge in [0.05, 0.1) is 0 Å². The second-order valence-electron chi connectivity index (χ2n) is 14.2. The van der Waals surface area contributed by atoms with Crippen molar-refractivity contribution in [2.45, 2.75) is 111 Å². The Morgan fingerprint density at radius 2 is 1.38 bits per heavy atom. The summed E-state index contributed by atoms with van der Waals surface area (Å²) in [5.41, 5.74) is 9.91. The van der Waals surface area contributed by atoms with Gasteiger partial charge in [-0.15, -0.1) is 0 Å². The van der Waals surface area contributed by atoms with Gasteiger partial charge in [-0.3, -0.25) is 20.4 Å². The third-order valence-electron chi connectivity index (χ3n) is 7.10. The largest absolute Gasteiger partial charge is 0.507 e. The number of aromatic hydroxyl groups is 1. The maximum atomic E-state index is 12.5. The van der Waals surface area contributed by atoms with Crippen LogP contribution in [0.25, 0.3) is 6.08 Å². The standard InChI is InChI=1S/C33H46N2O4/c1-30(2,3)22-16-20(17-23(28(22)38)31(4,5)6)12-14-26(36)34-35-27(37)15-13-21-18-24(32(7,8)9)29-25(19-21)33(10,11)39-29/h13,15-19,38H,12,14H2,1-11H3,(H,34,36)(H,35,37)/b15-13-. The lowest BCUT2D eigenvalue weighted by Crippen LogP contribution is -2.40. The van der Waals surface area contributed by atoms with E-state index in [-0.39, 0.29) is 34.2 Å². The zero-order chi connectivity index (χ0) is 29.6. The van der Waals surface area contributed by atoms with Crippen LogP contribution in [0.15, 0.2) is 30.3 Å². The highest BCUT2D eigenvalue weighted by Crippen LogP contribution is 2.50. The fourth-order valence-corrected chi connectivity index (χ4v) is 4.77. The number of rotatable bonds is 5. The van der Waals surface area contributed by atoms with Gasteiger partial charge in [0.2, 0.25) is 5.91 Å². The van der Waals surface area contributed by atoms with Crippen LogP contribution < -0.4 is 15.6 Å². The van der Waals surface area contributed by atoms with Crippen molar-refractivity contribution in [3.63, 3.8) is 0 Å². The highest BCUT2D eigenvalue weighted by atomic mass is 16.5. The Morgan fingerprint density at radius 1 is 0.846 bits per heavy atom. The first-order valence-electron chi connectivity index (χ1n) is 13.7. The van der Waals surface area contributed by atoms with Crippen molar-refractivity contribution in [1.82, 2.24) is 10.9 Å². The minimum Gasteiger partial charge on any atom is -0.507 e. The molecule has 3 N–H and O–H groups in total. The smallest absolute Gasteiger partial charge is 0.262 e. The van der Waals surface area contributed by atoms with Crippen molar-refractivity contribution in [2.24, 2.45) is 0 Å². The molecule has 0 unspecified atom stereocenters. The van der Waals surface area contributed by atoms with Crippen LogP contribution >= 0.6 is 0 Å². The number of hydrogen-bond donors (Lipinski definition) is 3. The summed E-state index contributed by atoms with van der Waals surface area (Å²) in [6, 6.07) is 8.05. The van der Waals surface area contributed by atoms with Crippen molar-refractivity contribution in [3.8, 4) is 11.5 Å². The molecule has 0 bridgehead atoms. The number of nitrogens with one attached hydrogen (secondary N) is 2. The molecule has 0 saturated carbocycles. The number of carbonyl (C=O) groups excluding carboxylic acids is 2. The number of hydrazine groups is 1. The number of amides is 2. The number of carbonyl (C=O) groups is 2. The summed E-state index contributed by atoms with van der Waals surface area (Å²) in [5, 5.41) is 10.9. The first-order valence-corrected chi connectivity index (χ1v) is 13.7. The van der Waals surface area contributed by atoms with E-state index in [2.05, 4.69) is 73.2 Å². The molecule has 0 fully saturated rings. The Morgan fingerprint density at radius 3 is 1.87 bits per heavy atom. The maximum absolute atomic E-state index is 12.5. The van der Waals surface area contributed by atoms with Crippen LogP contribution in [0.4, 0.5) is 0 Å². The maximum Gasteiger partial charge on any atom is 0.262 e. The Labute approximate surface area is 234 Å². The van der Waals surface area contributed by atoms with Gasteiger partial charge < -0.3 is 9.84 Å². The normalized spacial score (nSPS) is 14.8. The van der Waals surface area contributed by atoms with Gasteiger partial charge in [-0.2, -0.15) is 0 Å². The molecular weight excluding hydrogens is 488 g/mol. The second kappa shape index (κ2) is 10.4. The van der Waals surface area contributed by atoms with Crippen LogP contribution in [0.5, 0.6) is 11.5 Å². The van der Waals surface area contributed by atoms with E-state index in [1.54, 1.807) is 6.08 Å². The number of fused-ring (bicyclic) bond motifs is 1. The molecule has 0 spiro atoms. The van der Waals surface area contributed by atoms with Gasteiger partial charge in [0, 0.05) is 23.6 Å². The molecule has 2 aromatic rings. The van der Waals surface area contributed by atoms with Gasteiger partial charge in [0.25, 0.3) is 5.91 Å². The number of phenolic OH excluding ortho intramolecular Hbond substituents is 1. The number of hydrogen-bond acceptors (Lipinski definition) is 4. The van der Waals surface area contributed by atoms with Crippen molar-refractivity contribution in [1.29, 1.82) is 0 Å². The summed E-state index contributed by atoms with van der Waals surface area (Å²) >= 11 is 0. The van der Waals surface area contributed by atoms with Crippen LogP contribution in [-0.4, -0.2) is 16.9 Å². The van der Waals surface area contributed by atoms with Crippen molar-refractivity contribution in [2.75, 3.05) is 0 Å². The van der Waals surface area contributed by atoms with Gasteiger partial charge >= 0.3 is 0 Å². The fourth-order valence-electron chi connectivity index (χ4n) is 4.77. The van der Waals surface area contributed by atoms with Gasteiger partial charge in [-0.1, -0.05) is 74.4 Å². The van der Waals surface area contributed by atoms with Gasteiger partial charge in [-0.25, -0.2) is 0 Å². The van der Waals surface area contributed by atoms with E-state index >= 15 is 0 Å². The monoisotopic (exact) mass is 534 g/mol. The predicted molar refractivity (Wildman–Crippen MR) is 158 cm³/mol. The van der Waals surface area contributed by atoms with Crippen molar-refractivity contribution < 1.29 is 19.4 Å². The van der Waals surface area contributed by atoms with Crippen molar-refractivity contribution >= 4 is 17.9 Å². The predicted octanol–water partition coefficient (Wildman–Crippen LogP) is 6.71. The average molecular weight is 535 g/mol. The molecule has 2 aromatic carbocycles. The molecule has 6 heteroatoms. The molecule has 1 heterocycles.